The fourth-order valence-corrected chi connectivity index (χ4v) is 5.26. The number of hydrogen-bond acceptors (Lipinski definition) is 7. The van der Waals surface area contributed by atoms with Gasteiger partial charge in [-0.2, -0.15) is 5.10 Å². The molecule has 9 heteroatoms. The van der Waals surface area contributed by atoms with Gasteiger partial charge in [0, 0.05) is 66.8 Å². The van der Waals surface area contributed by atoms with Gasteiger partial charge < -0.3 is 20.5 Å². The summed E-state index contributed by atoms with van der Waals surface area (Å²) in [5, 5.41) is 26.2. The van der Waals surface area contributed by atoms with Gasteiger partial charge in [-0.1, -0.05) is 6.58 Å². The zero-order valence-corrected chi connectivity index (χ0v) is 20.1. The van der Waals surface area contributed by atoms with E-state index >= 15 is 0 Å². The Hall–Kier alpha value is -2.91. The van der Waals surface area contributed by atoms with Gasteiger partial charge >= 0.3 is 0 Å². The summed E-state index contributed by atoms with van der Waals surface area (Å²) in [6.07, 6.45) is 10.3. The molecule has 0 amide bonds. The lowest BCUT2D eigenvalue weighted by Gasteiger charge is -2.25. The maximum absolute atomic E-state index is 10.0. The van der Waals surface area contributed by atoms with Gasteiger partial charge in [-0.3, -0.25) is 4.68 Å². The first kappa shape index (κ1) is 22.9. The molecule has 3 aromatic heterocycles. The molecule has 2 fully saturated rings. The van der Waals surface area contributed by atoms with Crippen molar-refractivity contribution < 1.29 is 9.84 Å². The minimum absolute atomic E-state index is 0.102. The second-order valence-corrected chi connectivity index (χ2v) is 9.87. The van der Waals surface area contributed by atoms with Crippen LogP contribution < -0.4 is 10.6 Å². The Labute approximate surface area is 200 Å². The first-order valence-corrected chi connectivity index (χ1v) is 12.3. The second kappa shape index (κ2) is 9.76. The third kappa shape index (κ3) is 4.81. The molecule has 0 bridgehead atoms. The standard InChI is InChI=1S/C25H35N7O2/c1-16-8-18(10-26-16)13-31-14-20(11-28-31)22-9-23(19-4-6-21(33)7-5-19)32-24(22)12-27-25(30-32)29-17(2)15-34-3/h9,11-12,14,17-19,21,26,33H,1,4-8,10,13,15H2,2-3H3,(H,29,30)/t17-,18?,19?,21?/m0/s1. The van der Waals surface area contributed by atoms with Gasteiger partial charge in [0.2, 0.25) is 5.95 Å². The van der Waals surface area contributed by atoms with E-state index in [0.717, 1.165) is 67.5 Å². The highest BCUT2D eigenvalue weighted by Crippen LogP contribution is 2.37. The molecule has 0 aromatic carbocycles. The maximum atomic E-state index is 10.0. The average Bonchev–Trinajstić information content (AvgIpc) is 3.53. The molecule has 2 atom stereocenters. The van der Waals surface area contributed by atoms with Crippen LogP contribution in [0, 0.1) is 5.92 Å². The van der Waals surface area contributed by atoms with Crippen molar-refractivity contribution in [2.45, 2.75) is 63.6 Å². The third-order valence-electron chi connectivity index (χ3n) is 7.02. The molecule has 3 N–H and O–H groups in total. The Morgan fingerprint density at radius 3 is 2.85 bits per heavy atom. The van der Waals surface area contributed by atoms with Crippen LogP contribution in [0.25, 0.3) is 16.6 Å². The highest BCUT2D eigenvalue weighted by atomic mass is 16.5. The molecule has 34 heavy (non-hydrogen) atoms. The molecule has 1 saturated heterocycles. The van der Waals surface area contributed by atoms with Gasteiger partial charge in [-0.25, -0.2) is 9.50 Å². The summed E-state index contributed by atoms with van der Waals surface area (Å²) in [4.78, 5) is 4.60. The van der Waals surface area contributed by atoms with E-state index in [1.165, 1.54) is 5.69 Å². The van der Waals surface area contributed by atoms with E-state index in [1.54, 1.807) is 7.11 Å². The van der Waals surface area contributed by atoms with Gasteiger partial charge in [0.15, 0.2) is 0 Å². The zero-order chi connectivity index (χ0) is 23.7. The summed E-state index contributed by atoms with van der Waals surface area (Å²) >= 11 is 0. The number of nitrogens with one attached hydrogen (secondary N) is 2. The second-order valence-electron chi connectivity index (χ2n) is 9.87. The van der Waals surface area contributed by atoms with Gasteiger partial charge in [0.25, 0.3) is 0 Å². The molecule has 2 aliphatic rings. The number of methoxy groups -OCH3 is 1. The largest absolute Gasteiger partial charge is 0.393 e. The molecular weight excluding hydrogens is 430 g/mol. The molecule has 1 aliphatic heterocycles. The summed E-state index contributed by atoms with van der Waals surface area (Å²) in [7, 11) is 1.69. The molecule has 1 unspecified atom stereocenters. The van der Waals surface area contributed by atoms with Crippen molar-refractivity contribution in [3.05, 3.63) is 42.6 Å². The van der Waals surface area contributed by atoms with Crippen molar-refractivity contribution >= 4 is 11.5 Å². The maximum Gasteiger partial charge on any atom is 0.241 e. The highest BCUT2D eigenvalue weighted by molar-refractivity contribution is 5.81. The van der Waals surface area contributed by atoms with E-state index in [0.29, 0.717) is 24.4 Å². The average molecular weight is 466 g/mol. The predicted octanol–water partition coefficient (Wildman–Crippen LogP) is 3.18. The lowest BCUT2D eigenvalue weighted by Crippen LogP contribution is -2.23. The van der Waals surface area contributed by atoms with Crippen LogP contribution >= 0.6 is 0 Å². The Bertz CT molecular complexity index is 1150. The molecule has 0 radical (unpaired) electrons. The molecule has 9 nitrogen and oxygen atoms in total. The zero-order valence-electron chi connectivity index (χ0n) is 20.1. The van der Waals surface area contributed by atoms with E-state index in [2.05, 4.69) is 39.6 Å². The van der Waals surface area contributed by atoms with Crippen molar-refractivity contribution in [1.29, 1.82) is 0 Å². The van der Waals surface area contributed by atoms with Crippen LogP contribution in [-0.2, 0) is 11.3 Å². The summed E-state index contributed by atoms with van der Waals surface area (Å²) in [6, 6.07) is 2.35. The molecular formula is C25H35N7O2. The summed E-state index contributed by atoms with van der Waals surface area (Å²) in [5.74, 6) is 1.46. The van der Waals surface area contributed by atoms with Crippen molar-refractivity contribution in [2.24, 2.45) is 5.92 Å². The van der Waals surface area contributed by atoms with Crippen LogP contribution in [0.5, 0.6) is 0 Å². The van der Waals surface area contributed by atoms with Crippen molar-refractivity contribution in [2.75, 3.05) is 25.6 Å². The van der Waals surface area contributed by atoms with Gasteiger partial charge in [0.1, 0.15) is 0 Å². The molecule has 3 aromatic rings. The monoisotopic (exact) mass is 465 g/mol. The number of ether oxygens (including phenoxy) is 1. The Morgan fingerprint density at radius 2 is 2.12 bits per heavy atom. The molecule has 1 aliphatic carbocycles. The summed E-state index contributed by atoms with van der Waals surface area (Å²) < 4.78 is 9.31. The molecule has 5 rings (SSSR count). The molecule has 1 saturated carbocycles. The number of hydrogen-bond donors (Lipinski definition) is 3. The number of aliphatic hydroxyl groups is 1. The Kier molecular flexibility index (Phi) is 6.56. The molecule has 4 heterocycles. The van der Waals surface area contributed by atoms with Crippen molar-refractivity contribution in [1.82, 2.24) is 29.7 Å². The van der Waals surface area contributed by atoms with Crippen LogP contribution in [0.2, 0.25) is 0 Å². The fourth-order valence-electron chi connectivity index (χ4n) is 5.26. The van der Waals surface area contributed by atoms with Crippen LogP contribution in [-0.4, -0.2) is 61.9 Å². The number of allylic oxidation sites excluding steroid dienone is 1. The van der Waals surface area contributed by atoms with Gasteiger partial charge in [-0.05, 0) is 45.1 Å². The van der Waals surface area contributed by atoms with E-state index in [4.69, 9.17) is 9.84 Å². The molecule has 182 valence electrons. The number of fused-ring (bicyclic) bond motifs is 1. The first-order chi connectivity index (χ1) is 16.5. The van der Waals surface area contributed by atoms with Crippen LogP contribution in [0.1, 0.15) is 50.6 Å². The number of aliphatic hydroxyl groups excluding tert-OH is 1. The van der Waals surface area contributed by atoms with E-state index in [-0.39, 0.29) is 12.1 Å². The summed E-state index contributed by atoms with van der Waals surface area (Å²) in [5.41, 5.74) is 5.42. The number of aromatic nitrogens is 5. The minimum Gasteiger partial charge on any atom is -0.393 e. The van der Waals surface area contributed by atoms with Gasteiger partial charge in [-0.15, -0.1) is 5.10 Å². The van der Waals surface area contributed by atoms with Crippen molar-refractivity contribution in [3.8, 4) is 11.1 Å². The van der Waals surface area contributed by atoms with E-state index in [9.17, 15) is 5.11 Å². The quantitative estimate of drug-likeness (QED) is 0.470. The predicted molar refractivity (Wildman–Crippen MR) is 132 cm³/mol. The number of rotatable bonds is 8. The van der Waals surface area contributed by atoms with E-state index in [1.807, 2.05) is 28.5 Å². The van der Waals surface area contributed by atoms with Crippen LogP contribution in [0.3, 0.4) is 0 Å². The Morgan fingerprint density at radius 1 is 1.29 bits per heavy atom. The smallest absolute Gasteiger partial charge is 0.241 e. The van der Waals surface area contributed by atoms with Gasteiger partial charge in [0.05, 0.1) is 30.6 Å². The third-order valence-corrected chi connectivity index (χ3v) is 7.02. The Balaban J connectivity index is 1.47. The fraction of sp³-hybridized carbons (Fsp3) is 0.560. The highest BCUT2D eigenvalue weighted by Gasteiger charge is 2.26. The summed E-state index contributed by atoms with van der Waals surface area (Å²) in [6.45, 7) is 8.48. The minimum atomic E-state index is -0.192. The number of nitrogens with zero attached hydrogens (tertiary/aromatic N) is 5. The molecule has 0 spiro atoms. The van der Waals surface area contributed by atoms with Crippen LogP contribution in [0.4, 0.5) is 5.95 Å². The van der Waals surface area contributed by atoms with Crippen LogP contribution in [0.15, 0.2) is 36.9 Å². The van der Waals surface area contributed by atoms with Crippen molar-refractivity contribution in [3.63, 3.8) is 0 Å². The van der Waals surface area contributed by atoms with E-state index < -0.39 is 0 Å². The number of anilines is 1. The first-order valence-electron chi connectivity index (χ1n) is 12.3. The lowest BCUT2D eigenvalue weighted by molar-refractivity contribution is 0.121. The normalized spacial score (nSPS) is 23.9. The SMILES string of the molecule is C=C1CC(Cn2cc(-c3cc(C4CCC(O)CC4)n4nc(N[C@@H](C)COC)ncc34)cn2)CN1. The lowest BCUT2D eigenvalue weighted by atomic mass is 9.85. The topological polar surface area (TPSA) is 102 Å².